The molecule has 0 saturated heterocycles. The third kappa shape index (κ3) is 11.2. The maximum Gasteiger partial charge on any atom is 0.240 e. The Labute approximate surface area is 187 Å². The predicted octanol–water partition coefficient (Wildman–Crippen LogP) is 2.72. The molecule has 0 aliphatic rings. The highest BCUT2D eigenvalue weighted by Gasteiger charge is 2.12. The molecule has 162 valence electrons. The average Bonchev–Trinajstić information content (AvgIpc) is 2.64. The Bertz CT molecular complexity index is 664. The molecule has 1 aromatic carbocycles. The van der Waals surface area contributed by atoms with Gasteiger partial charge in [-0.05, 0) is 30.0 Å². The Morgan fingerprint density at radius 1 is 1.11 bits per heavy atom. The van der Waals surface area contributed by atoms with Crippen LogP contribution in [0.25, 0.3) is 0 Å². The van der Waals surface area contributed by atoms with E-state index in [1.807, 2.05) is 0 Å². The number of aliphatic imine (C=N–C) groups is 1. The number of rotatable bonds is 12. The molecule has 0 amide bonds. The molecule has 0 radical (unpaired) electrons. The van der Waals surface area contributed by atoms with Gasteiger partial charge in [0.15, 0.2) is 5.96 Å². The van der Waals surface area contributed by atoms with Crippen molar-refractivity contribution in [2.75, 3.05) is 33.9 Å². The van der Waals surface area contributed by atoms with Crippen LogP contribution in [0.3, 0.4) is 0 Å². The summed E-state index contributed by atoms with van der Waals surface area (Å²) in [5, 5.41) is 6.54. The molecule has 28 heavy (non-hydrogen) atoms. The lowest BCUT2D eigenvalue weighted by atomic mass is 10.1. The van der Waals surface area contributed by atoms with Gasteiger partial charge in [-0.3, -0.25) is 4.99 Å². The van der Waals surface area contributed by atoms with Gasteiger partial charge in [0, 0.05) is 33.8 Å². The summed E-state index contributed by atoms with van der Waals surface area (Å²) >= 11 is 0. The Balaban J connectivity index is 0.00000729. The Morgan fingerprint density at radius 3 is 2.36 bits per heavy atom. The SMILES string of the molecule is CN=C(NCCCCC(C)C)NCc1ccc(S(=O)(=O)NCCOC)cc1.I. The van der Waals surface area contributed by atoms with Crippen molar-refractivity contribution >= 4 is 40.0 Å². The Morgan fingerprint density at radius 2 is 1.79 bits per heavy atom. The molecular formula is C19H35IN4O3S. The quantitative estimate of drug-likeness (QED) is 0.169. The first-order valence-corrected chi connectivity index (χ1v) is 10.9. The molecule has 7 nitrogen and oxygen atoms in total. The smallest absolute Gasteiger partial charge is 0.240 e. The van der Waals surface area contributed by atoms with Crippen molar-refractivity contribution in [3.63, 3.8) is 0 Å². The van der Waals surface area contributed by atoms with E-state index >= 15 is 0 Å². The maximum atomic E-state index is 12.1. The van der Waals surface area contributed by atoms with Crippen LogP contribution in [-0.4, -0.2) is 48.2 Å². The first-order chi connectivity index (χ1) is 12.9. The minimum atomic E-state index is -3.50. The van der Waals surface area contributed by atoms with Gasteiger partial charge in [-0.1, -0.05) is 38.8 Å². The molecule has 1 rings (SSSR count). The highest BCUT2D eigenvalue weighted by Crippen LogP contribution is 2.10. The summed E-state index contributed by atoms with van der Waals surface area (Å²) in [6, 6.07) is 6.81. The van der Waals surface area contributed by atoms with E-state index in [2.05, 4.69) is 34.2 Å². The molecule has 0 atom stereocenters. The van der Waals surface area contributed by atoms with Crippen molar-refractivity contribution in [2.24, 2.45) is 10.9 Å². The Hall–Kier alpha value is -0.910. The van der Waals surface area contributed by atoms with Crippen molar-refractivity contribution in [2.45, 2.75) is 44.6 Å². The van der Waals surface area contributed by atoms with Crippen LogP contribution in [0.2, 0.25) is 0 Å². The first kappa shape index (κ1) is 27.1. The number of nitrogens with one attached hydrogen (secondary N) is 3. The number of nitrogens with zero attached hydrogens (tertiary/aromatic N) is 1. The van der Waals surface area contributed by atoms with Crippen LogP contribution in [-0.2, 0) is 21.3 Å². The number of hydrogen-bond donors (Lipinski definition) is 3. The molecule has 0 spiro atoms. The van der Waals surface area contributed by atoms with Gasteiger partial charge in [-0.25, -0.2) is 13.1 Å². The lowest BCUT2D eigenvalue weighted by Crippen LogP contribution is -2.37. The zero-order chi connectivity index (χ0) is 20.1. The fourth-order valence-corrected chi connectivity index (χ4v) is 3.45. The van der Waals surface area contributed by atoms with E-state index in [-0.39, 0.29) is 35.4 Å². The van der Waals surface area contributed by atoms with Crippen molar-refractivity contribution in [1.82, 2.24) is 15.4 Å². The number of guanidine groups is 1. The zero-order valence-electron chi connectivity index (χ0n) is 17.3. The fourth-order valence-electron chi connectivity index (χ4n) is 2.44. The number of methoxy groups -OCH3 is 1. The molecule has 0 aliphatic heterocycles. The summed E-state index contributed by atoms with van der Waals surface area (Å²) in [6.45, 7) is 6.52. The number of ether oxygens (including phenoxy) is 1. The van der Waals surface area contributed by atoms with Crippen LogP contribution in [0.5, 0.6) is 0 Å². The van der Waals surface area contributed by atoms with Gasteiger partial charge in [-0.2, -0.15) is 0 Å². The van der Waals surface area contributed by atoms with Crippen LogP contribution in [0.15, 0.2) is 34.2 Å². The number of hydrogen-bond acceptors (Lipinski definition) is 4. The molecule has 0 fully saturated rings. The number of benzene rings is 1. The third-order valence-electron chi connectivity index (χ3n) is 4.02. The van der Waals surface area contributed by atoms with Crippen LogP contribution < -0.4 is 15.4 Å². The van der Waals surface area contributed by atoms with E-state index in [1.54, 1.807) is 31.3 Å². The molecule has 0 aliphatic carbocycles. The molecule has 9 heteroatoms. The average molecular weight is 526 g/mol. The van der Waals surface area contributed by atoms with Crippen molar-refractivity contribution in [3.8, 4) is 0 Å². The molecule has 0 unspecified atom stereocenters. The topological polar surface area (TPSA) is 91.8 Å². The van der Waals surface area contributed by atoms with Gasteiger partial charge >= 0.3 is 0 Å². The highest BCUT2D eigenvalue weighted by molar-refractivity contribution is 14.0. The van der Waals surface area contributed by atoms with Gasteiger partial charge in [0.05, 0.1) is 11.5 Å². The predicted molar refractivity (Wildman–Crippen MR) is 126 cm³/mol. The number of halogens is 1. The highest BCUT2D eigenvalue weighted by atomic mass is 127. The fraction of sp³-hybridized carbons (Fsp3) is 0.632. The summed E-state index contributed by atoms with van der Waals surface area (Å²) in [7, 11) is -0.222. The van der Waals surface area contributed by atoms with E-state index < -0.39 is 10.0 Å². The van der Waals surface area contributed by atoms with Crippen LogP contribution in [0.4, 0.5) is 0 Å². The van der Waals surface area contributed by atoms with E-state index in [4.69, 9.17) is 4.74 Å². The monoisotopic (exact) mass is 526 g/mol. The number of unbranched alkanes of at least 4 members (excludes halogenated alkanes) is 1. The zero-order valence-corrected chi connectivity index (χ0v) is 20.5. The van der Waals surface area contributed by atoms with E-state index in [1.165, 1.54) is 20.0 Å². The lowest BCUT2D eigenvalue weighted by Gasteiger charge is -2.13. The normalized spacial score (nSPS) is 12.0. The third-order valence-corrected chi connectivity index (χ3v) is 5.49. The Kier molecular flexibility index (Phi) is 14.5. The van der Waals surface area contributed by atoms with Crippen molar-refractivity contribution < 1.29 is 13.2 Å². The van der Waals surface area contributed by atoms with Gasteiger partial charge in [-0.15, -0.1) is 24.0 Å². The van der Waals surface area contributed by atoms with Crippen LogP contribution in [0.1, 0.15) is 38.7 Å². The molecule has 3 N–H and O–H groups in total. The summed E-state index contributed by atoms with van der Waals surface area (Å²) < 4.78 is 31.6. The molecule has 0 bridgehead atoms. The molecule has 1 aromatic rings. The van der Waals surface area contributed by atoms with Crippen molar-refractivity contribution in [3.05, 3.63) is 29.8 Å². The molecular weight excluding hydrogens is 491 g/mol. The van der Waals surface area contributed by atoms with Gasteiger partial charge in [0.25, 0.3) is 0 Å². The second-order valence-electron chi connectivity index (χ2n) is 6.78. The summed E-state index contributed by atoms with van der Waals surface area (Å²) in [5.41, 5.74) is 0.980. The molecule has 0 heterocycles. The lowest BCUT2D eigenvalue weighted by molar-refractivity contribution is 0.204. The van der Waals surface area contributed by atoms with E-state index in [9.17, 15) is 8.42 Å². The van der Waals surface area contributed by atoms with E-state index in [0.29, 0.717) is 13.2 Å². The largest absolute Gasteiger partial charge is 0.383 e. The minimum Gasteiger partial charge on any atom is -0.383 e. The standard InChI is InChI=1S/C19H34N4O3S.HI/c1-16(2)7-5-6-12-21-19(20-3)22-15-17-8-10-18(11-9-17)27(24,25)23-13-14-26-4;/h8-11,16,23H,5-7,12-15H2,1-4H3,(H2,20,21,22);1H. The molecule has 0 aromatic heterocycles. The van der Waals surface area contributed by atoms with Gasteiger partial charge in [0.1, 0.15) is 0 Å². The van der Waals surface area contributed by atoms with Crippen LogP contribution in [0, 0.1) is 5.92 Å². The summed E-state index contributed by atoms with van der Waals surface area (Å²) in [5.74, 6) is 1.49. The van der Waals surface area contributed by atoms with Crippen LogP contribution >= 0.6 is 24.0 Å². The van der Waals surface area contributed by atoms with Gasteiger partial charge in [0.2, 0.25) is 10.0 Å². The molecule has 0 saturated carbocycles. The number of sulfonamides is 1. The summed E-state index contributed by atoms with van der Waals surface area (Å²) in [4.78, 5) is 4.46. The van der Waals surface area contributed by atoms with Crippen molar-refractivity contribution in [1.29, 1.82) is 0 Å². The second kappa shape index (κ2) is 15.0. The summed E-state index contributed by atoms with van der Waals surface area (Å²) in [6.07, 6.45) is 3.56. The minimum absolute atomic E-state index is 0. The second-order valence-corrected chi connectivity index (χ2v) is 8.54. The maximum absolute atomic E-state index is 12.1. The van der Waals surface area contributed by atoms with E-state index in [0.717, 1.165) is 30.4 Å². The first-order valence-electron chi connectivity index (χ1n) is 9.41. The van der Waals surface area contributed by atoms with Gasteiger partial charge < -0.3 is 15.4 Å².